The number of nitrogens with zero attached hydrogens (tertiary/aromatic N) is 5. The molecule has 7 rings (SSSR count). The number of aryl methyl sites for hydroxylation is 2. The van der Waals surface area contributed by atoms with Crippen LogP contribution in [0.15, 0.2) is 60.2 Å². The number of piperazine rings is 1. The molecule has 0 saturated carbocycles. The van der Waals surface area contributed by atoms with Crippen LogP contribution in [0.3, 0.4) is 0 Å². The number of ether oxygens (including phenoxy) is 1. The van der Waals surface area contributed by atoms with Crippen molar-refractivity contribution in [2.45, 2.75) is 52.6 Å². The van der Waals surface area contributed by atoms with Crippen LogP contribution in [0, 0.1) is 13.8 Å². The van der Waals surface area contributed by atoms with Crippen molar-refractivity contribution < 1.29 is 9.53 Å². The van der Waals surface area contributed by atoms with E-state index in [2.05, 4.69) is 35.5 Å². The fourth-order valence-electron chi connectivity index (χ4n) is 7.03. The van der Waals surface area contributed by atoms with Crippen LogP contribution >= 0.6 is 11.6 Å². The average molecular weight is 623 g/mol. The molecule has 0 bridgehead atoms. The zero-order valence-corrected chi connectivity index (χ0v) is 26.8. The first kappa shape index (κ1) is 29.1. The molecule has 3 aromatic heterocycles. The number of halogens is 1. The molecule has 0 aliphatic carbocycles. The molecule has 2 unspecified atom stereocenters. The van der Waals surface area contributed by atoms with Crippen molar-refractivity contribution in [3.8, 4) is 22.6 Å². The second-order valence-corrected chi connectivity index (χ2v) is 12.8. The fraction of sp³-hybridized carbons (Fsp3) is 0.314. The minimum atomic E-state index is -0.252. The molecule has 1 fully saturated rings. The number of rotatable bonds is 4. The molecular formula is C35H35ClN6O3. The first-order valence-electron chi connectivity index (χ1n) is 15.2. The molecule has 9 nitrogen and oxygen atoms in total. The van der Waals surface area contributed by atoms with Gasteiger partial charge in [-0.25, -0.2) is 0 Å². The minimum Gasteiger partial charge on any atom is -0.484 e. The number of benzene rings is 2. The Hall–Kier alpha value is -4.63. The van der Waals surface area contributed by atoms with Crippen LogP contribution < -0.4 is 15.2 Å². The number of pyridine rings is 2. The maximum Gasteiger partial charge on any atom is 0.300 e. The summed E-state index contributed by atoms with van der Waals surface area (Å²) >= 11 is 7.20. The van der Waals surface area contributed by atoms with Gasteiger partial charge < -0.3 is 14.5 Å². The van der Waals surface area contributed by atoms with E-state index < -0.39 is 0 Å². The molecule has 230 valence electrons. The van der Waals surface area contributed by atoms with Crippen LogP contribution in [-0.2, 0) is 4.79 Å². The Kier molecular flexibility index (Phi) is 6.96. The third-order valence-electron chi connectivity index (χ3n) is 9.23. The average Bonchev–Trinajstić information content (AvgIpc) is 3.50. The van der Waals surface area contributed by atoms with Crippen molar-refractivity contribution in [3.05, 3.63) is 87.6 Å². The van der Waals surface area contributed by atoms with Gasteiger partial charge in [0.05, 0.1) is 40.3 Å². The number of hydrogen-bond acceptors (Lipinski definition) is 6. The Morgan fingerprint density at radius 1 is 1.13 bits per heavy atom. The molecule has 1 saturated heterocycles. The highest BCUT2D eigenvalue weighted by atomic mass is 35.5. The Bertz CT molecular complexity index is 2100. The van der Waals surface area contributed by atoms with E-state index in [1.807, 2.05) is 62.2 Å². The normalized spacial score (nSPS) is 17.8. The molecule has 2 aromatic carbocycles. The highest BCUT2D eigenvalue weighted by Crippen LogP contribution is 2.45. The van der Waals surface area contributed by atoms with E-state index in [0.29, 0.717) is 29.3 Å². The van der Waals surface area contributed by atoms with Crippen molar-refractivity contribution in [1.29, 1.82) is 0 Å². The SMILES string of the molecule is C=CC(=O)N1CC2COc3c(c4cc(Cl)c(-c5c(C)ccc6[nH]ncc56)cc4n(-c4c(C)ccnc4C(C)C)c3=O)N2CC1C. The third-order valence-corrected chi connectivity index (χ3v) is 9.54. The molecule has 45 heavy (non-hydrogen) atoms. The topological polar surface area (TPSA) is 96.3 Å². The molecule has 2 aliphatic heterocycles. The van der Waals surface area contributed by atoms with Crippen LogP contribution in [0.1, 0.15) is 43.5 Å². The molecule has 2 aliphatic rings. The molecule has 2 atom stereocenters. The smallest absolute Gasteiger partial charge is 0.300 e. The summed E-state index contributed by atoms with van der Waals surface area (Å²) in [6.07, 6.45) is 4.95. The van der Waals surface area contributed by atoms with E-state index in [-0.39, 0.29) is 41.8 Å². The summed E-state index contributed by atoms with van der Waals surface area (Å²) in [7, 11) is 0. The Morgan fingerprint density at radius 2 is 1.93 bits per heavy atom. The lowest BCUT2D eigenvalue weighted by Gasteiger charge is -2.48. The quantitative estimate of drug-likeness (QED) is 0.236. The Morgan fingerprint density at radius 3 is 2.69 bits per heavy atom. The van der Waals surface area contributed by atoms with Crippen LogP contribution in [0.2, 0.25) is 5.02 Å². The maximum absolute atomic E-state index is 14.8. The van der Waals surface area contributed by atoms with Gasteiger partial charge in [-0.05, 0) is 73.7 Å². The zero-order valence-electron chi connectivity index (χ0n) is 26.0. The van der Waals surface area contributed by atoms with Gasteiger partial charge in [0.1, 0.15) is 6.61 Å². The number of anilines is 1. The lowest BCUT2D eigenvalue weighted by atomic mass is 9.94. The largest absolute Gasteiger partial charge is 0.484 e. The lowest BCUT2D eigenvalue weighted by Crippen LogP contribution is -2.62. The van der Waals surface area contributed by atoms with E-state index in [0.717, 1.165) is 49.9 Å². The van der Waals surface area contributed by atoms with Gasteiger partial charge in [0.15, 0.2) is 0 Å². The van der Waals surface area contributed by atoms with Crippen LogP contribution in [0.25, 0.3) is 38.6 Å². The highest BCUT2D eigenvalue weighted by Gasteiger charge is 2.40. The molecule has 0 radical (unpaired) electrons. The summed E-state index contributed by atoms with van der Waals surface area (Å²) in [6.45, 7) is 15.2. The maximum atomic E-state index is 14.8. The highest BCUT2D eigenvalue weighted by molar-refractivity contribution is 6.35. The predicted octanol–water partition coefficient (Wildman–Crippen LogP) is 6.31. The Labute approximate surface area is 266 Å². The van der Waals surface area contributed by atoms with Crippen LogP contribution in [0.5, 0.6) is 5.75 Å². The first-order valence-corrected chi connectivity index (χ1v) is 15.6. The standard InChI is InChI=1S/C35H35ClN6O3/c1-7-29(43)40-16-22-17-45-34-33(41(22)15-21(40)6)24-12-26(36)23(30-19(4)8-9-27-25(30)14-38-39-27)13-28(24)42(35(34)44)32-20(5)10-11-37-31(32)18(2)3/h7-14,18,21-22H,1,15-17H2,2-6H3,(H,38,39). The van der Waals surface area contributed by atoms with E-state index in [4.69, 9.17) is 21.3 Å². The van der Waals surface area contributed by atoms with E-state index in [1.165, 1.54) is 6.08 Å². The van der Waals surface area contributed by atoms with Gasteiger partial charge in [0.25, 0.3) is 5.56 Å². The van der Waals surface area contributed by atoms with Crippen molar-refractivity contribution in [2.75, 3.05) is 24.6 Å². The molecule has 5 heterocycles. The number of amides is 1. The third kappa shape index (κ3) is 4.43. The van der Waals surface area contributed by atoms with E-state index >= 15 is 0 Å². The fourth-order valence-corrected chi connectivity index (χ4v) is 7.29. The van der Waals surface area contributed by atoms with Crippen molar-refractivity contribution >= 4 is 45.0 Å². The van der Waals surface area contributed by atoms with Gasteiger partial charge in [-0.1, -0.05) is 38.1 Å². The molecule has 1 N–H and O–H groups in total. The minimum absolute atomic E-state index is 0.0631. The molecule has 10 heteroatoms. The van der Waals surface area contributed by atoms with Crippen LogP contribution in [-0.4, -0.2) is 62.3 Å². The van der Waals surface area contributed by atoms with Gasteiger partial charge in [-0.3, -0.25) is 24.2 Å². The summed E-state index contributed by atoms with van der Waals surface area (Å²) in [4.78, 5) is 36.2. The number of H-pyrrole nitrogens is 1. The molecule has 0 spiro atoms. The zero-order chi connectivity index (χ0) is 31.7. The number of carbonyl (C=O) groups is 1. The van der Waals surface area contributed by atoms with Crippen LogP contribution in [0.4, 0.5) is 5.69 Å². The first-order chi connectivity index (χ1) is 21.6. The summed E-state index contributed by atoms with van der Waals surface area (Å²) in [6, 6.07) is 9.73. The number of fused-ring (bicyclic) bond motifs is 6. The number of carbonyl (C=O) groups excluding carboxylic acids is 1. The van der Waals surface area contributed by atoms with E-state index in [9.17, 15) is 9.59 Å². The molecule has 1 amide bonds. The van der Waals surface area contributed by atoms with Crippen molar-refractivity contribution in [2.24, 2.45) is 0 Å². The monoisotopic (exact) mass is 622 g/mol. The van der Waals surface area contributed by atoms with Crippen molar-refractivity contribution in [1.82, 2.24) is 24.6 Å². The number of hydrogen-bond donors (Lipinski definition) is 1. The van der Waals surface area contributed by atoms with E-state index in [1.54, 1.807) is 10.8 Å². The molecular weight excluding hydrogens is 588 g/mol. The predicted molar refractivity (Wildman–Crippen MR) is 179 cm³/mol. The lowest BCUT2D eigenvalue weighted by molar-refractivity contribution is -0.129. The summed E-state index contributed by atoms with van der Waals surface area (Å²) < 4.78 is 8.10. The van der Waals surface area contributed by atoms with Gasteiger partial charge in [-0.2, -0.15) is 5.10 Å². The Balaban J connectivity index is 1.57. The van der Waals surface area contributed by atoms with Gasteiger partial charge in [0.2, 0.25) is 11.7 Å². The van der Waals surface area contributed by atoms with Gasteiger partial charge in [-0.15, -0.1) is 0 Å². The number of aromatic nitrogens is 4. The van der Waals surface area contributed by atoms with Gasteiger partial charge >= 0.3 is 0 Å². The molecule has 5 aromatic rings. The number of aromatic amines is 1. The summed E-state index contributed by atoms with van der Waals surface area (Å²) in [5.41, 5.74) is 7.36. The number of nitrogens with one attached hydrogen (secondary N) is 1. The summed E-state index contributed by atoms with van der Waals surface area (Å²) in [5.74, 6) is 0.232. The van der Waals surface area contributed by atoms with Gasteiger partial charge in [0, 0.05) is 46.7 Å². The summed E-state index contributed by atoms with van der Waals surface area (Å²) in [5, 5.41) is 9.65. The second-order valence-electron chi connectivity index (χ2n) is 12.4. The second kappa shape index (κ2) is 10.8. The van der Waals surface area contributed by atoms with Crippen molar-refractivity contribution in [3.63, 3.8) is 0 Å².